The summed E-state index contributed by atoms with van der Waals surface area (Å²) in [6, 6.07) is 0.793. The second-order valence-electron chi connectivity index (χ2n) is 4.12. The first-order valence-electron chi connectivity index (χ1n) is 5.24. The molecule has 0 aromatic heterocycles. The van der Waals surface area contributed by atoms with E-state index in [1.165, 1.54) is 38.6 Å². The van der Waals surface area contributed by atoms with Crippen LogP contribution in [0.1, 0.15) is 32.1 Å². The molecule has 0 aromatic carbocycles. The van der Waals surface area contributed by atoms with Gasteiger partial charge in [-0.25, -0.2) is 0 Å². The zero-order valence-electron chi connectivity index (χ0n) is 7.92. The molecule has 0 amide bonds. The van der Waals surface area contributed by atoms with Crippen molar-refractivity contribution < 1.29 is 4.74 Å². The lowest BCUT2D eigenvalue weighted by atomic mass is 9.78. The molecule has 2 aliphatic rings. The molecule has 3 atom stereocenters. The third kappa shape index (κ3) is 1.50. The summed E-state index contributed by atoms with van der Waals surface area (Å²) in [5.41, 5.74) is 0. The van der Waals surface area contributed by atoms with Gasteiger partial charge in [0.25, 0.3) is 0 Å². The predicted molar refractivity (Wildman–Crippen MR) is 50.3 cm³/mol. The van der Waals surface area contributed by atoms with Crippen LogP contribution in [0.2, 0.25) is 0 Å². The molecule has 2 N–H and O–H groups in total. The van der Waals surface area contributed by atoms with Crippen molar-refractivity contribution in [2.75, 3.05) is 13.7 Å². The Kier molecular flexibility index (Phi) is 2.66. The molecule has 2 nitrogen and oxygen atoms in total. The molecule has 1 heterocycles. The number of aliphatic hydroxyl groups is 2. The standard InChI is InChI=1S/C10H19NO/c1-12-10-6-7-11-9-5-3-2-4-8(9)10/h8-11H,2-7H2,1H3/p+1. The van der Waals surface area contributed by atoms with Crippen LogP contribution in [0.5, 0.6) is 0 Å². The smallest absolute Gasteiger partial charge is 0.160 e. The van der Waals surface area contributed by atoms with Gasteiger partial charge in [0.15, 0.2) is 6.10 Å². The quantitative estimate of drug-likeness (QED) is 0.585. The summed E-state index contributed by atoms with van der Waals surface area (Å²) in [5.74, 6) is 0.859. The summed E-state index contributed by atoms with van der Waals surface area (Å²) < 4.78 is 4.49. The number of fused-ring (bicyclic) bond motifs is 1. The summed E-state index contributed by atoms with van der Waals surface area (Å²) in [4.78, 5) is 0. The van der Waals surface area contributed by atoms with Crippen LogP contribution in [0.4, 0.5) is 0 Å². The van der Waals surface area contributed by atoms with E-state index in [9.17, 15) is 0 Å². The third-order valence-corrected chi connectivity index (χ3v) is 3.49. The monoisotopic (exact) mass is 170 g/mol. The number of nitrogens with one attached hydrogen (secondary N) is 1. The topological polar surface area (TPSA) is 24.8 Å². The van der Waals surface area contributed by atoms with E-state index in [4.69, 9.17) is 0 Å². The number of rotatable bonds is 1. The first kappa shape index (κ1) is 8.52. The highest BCUT2D eigenvalue weighted by Crippen LogP contribution is 2.31. The molecule has 0 aromatic rings. The molecule has 2 heteroatoms. The van der Waals surface area contributed by atoms with E-state index >= 15 is 0 Å². The van der Waals surface area contributed by atoms with Crippen molar-refractivity contribution >= 4 is 0 Å². The van der Waals surface area contributed by atoms with Crippen molar-refractivity contribution in [2.24, 2.45) is 5.92 Å². The van der Waals surface area contributed by atoms with Crippen molar-refractivity contribution in [3.05, 3.63) is 0 Å². The van der Waals surface area contributed by atoms with Gasteiger partial charge in [-0.1, -0.05) is 12.8 Å². The molecule has 1 aliphatic carbocycles. The Morgan fingerprint density at radius 3 is 2.83 bits per heavy atom. The van der Waals surface area contributed by atoms with Crippen LogP contribution in [0, 0.1) is 5.92 Å². The molecular formula is C10H20NO+. The fraction of sp³-hybridized carbons (Fsp3) is 1.00. The van der Waals surface area contributed by atoms with Gasteiger partial charge in [0.1, 0.15) is 7.11 Å². The number of piperidine rings is 1. The van der Waals surface area contributed by atoms with Crippen molar-refractivity contribution in [1.29, 1.82) is 0 Å². The molecule has 12 heavy (non-hydrogen) atoms. The minimum Gasteiger partial charge on any atom is -0.433 e. The van der Waals surface area contributed by atoms with Gasteiger partial charge in [-0.2, -0.15) is 0 Å². The minimum absolute atomic E-state index is 0.663. The number of ether oxygens (including phenoxy) is 1. The Bertz CT molecular complexity index is 140. The molecule has 1 aliphatic heterocycles. The van der Waals surface area contributed by atoms with Gasteiger partial charge >= 0.3 is 0 Å². The molecule has 1 saturated carbocycles. The van der Waals surface area contributed by atoms with E-state index in [-0.39, 0.29) is 0 Å². The van der Waals surface area contributed by atoms with Crippen LogP contribution in [0.3, 0.4) is 0 Å². The first-order chi connectivity index (χ1) is 5.92. The van der Waals surface area contributed by atoms with Crippen LogP contribution in [0.25, 0.3) is 0 Å². The van der Waals surface area contributed by atoms with Gasteiger partial charge in [0, 0.05) is 24.9 Å². The fourth-order valence-electron chi connectivity index (χ4n) is 2.82. The Morgan fingerprint density at radius 2 is 2.00 bits per heavy atom. The first-order valence-corrected chi connectivity index (χ1v) is 5.24. The maximum absolute atomic E-state index is 4.49. The van der Waals surface area contributed by atoms with Crippen molar-refractivity contribution in [2.45, 2.75) is 44.2 Å². The molecule has 0 spiro atoms. The maximum atomic E-state index is 4.49. The van der Waals surface area contributed by atoms with E-state index < -0.39 is 0 Å². The summed E-state index contributed by atoms with van der Waals surface area (Å²) in [5, 5.41) is 3.63. The van der Waals surface area contributed by atoms with Crippen LogP contribution in [-0.4, -0.2) is 30.5 Å². The fourth-order valence-corrected chi connectivity index (χ4v) is 2.82. The second kappa shape index (κ2) is 3.75. The summed E-state index contributed by atoms with van der Waals surface area (Å²) in [6.45, 7) is 1.18. The Balaban J connectivity index is 1.99. The summed E-state index contributed by atoms with van der Waals surface area (Å²) >= 11 is 0. The molecular weight excluding hydrogens is 150 g/mol. The largest absolute Gasteiger partial charge is 0.433 e. The molecule has 1 saturated heterocycles. The van der Waals surface area contributed by atoms with Gasteiger partial charge < -0.3 is 10.1 Å². The predicted octanol–water partition coefficient (Wildman–Crippen LogP) is 1.06. The average molecular weight is 170 g/mol. The second-order valence-corrected chi connectivity index (χ2v) is 4.12. The van der Waals surface area contributed by atoms with Gasteiger partial charge in [-0.3, -0.25) is 0 Å². The van der Waals surface area contributed by atoms with Crippen molar-refractivity contribution in [3.63, 3.8) is 0 Å². The Labute approximate surface area is 74.7 Å². The SMILES string of the molecule is C[OH+]C1CCNC2CCCCC21. The molecule has 0 radical (unpaired) electrons. The van der Waals surface area contributed by atoms with Crippen molar-refractivity contribution in [3.8, 4) is 0 Å². The molecule has 0 bridgehead atoms. The van der Waals surface area contributed by atoms with E-state index in [1.807, 2.05) is 7.11 Å². The van der Waals surface area contributed by atoms with Crippen molar-refractivity contribution in [1.82, 2.24) is 5.32 Å². The zero-order valence-corrected chi connectivity index (χ0v) is 7.92. The third-order valence-electron chi connectivity index (χ3n) is 3.49. The van der Waals surface area contributed by atoms with Crippen LogP contribution in [0.15, 0.2) is 0 Å². The zero-order chi connectivity index (χ0) is 8.39. The van der Waals surface area contributed by atoms with Gasteiger partial charge in [0.2, 0.25) is 0 Å². The lowest BCUT2D eigenvalue weighted by Gasteiger charge is -2.38. The highest BCUT2D eigenvalue weighted by Gasteiger charge is 2.37. The van der Waals surface area contributed by atoms with E-state index in [1.54, 1.807) is 0 Å². The molecule has 3 unspecified atom stereocenters. The highest BCUT2D eigenvalue weighted by molar-refractivity contribution is 4.89. The minimum atomic E-state index is 0.663. The molecule has 2 rings (SSSR count). The molecule has 2 fully saturated rings. The van der Waals surface area contributed by atoms with Crippen LogP contribution >= 0.6 is 0 Å². The van der Waals surface area contributed by atoms with Gasteiger partial charge in [-0.05, 0) is 12.8 Å². The maximum Gasteiger partial charge on any atom is 0.160 e. The average Bonchev–Trinajstić information content (AvgIpc) is 2.17. The van der Waals surface area contributed by atoms with E-state index in [2.05, 4.69) is 10.1 Å². The van der Waals surface area contributed by atoms with Crippen LogP contribution < -0.4 is 5.32 Å². The van der Waals surface area contributed by atoms with Crippen LogP contribution in [-0.2, 0) is 0 Å². The lowest BCUT2D eigenvalue weighted by molar-refractivity contribution is -0.120. The number of hydrogen-bond donors (Lipinski definition) is 1. The van der Waals surface area contributed by atoms with Gasteiger partial charge in [0.05, 0.1) is 0 Å². The van der Waals surface area contributed by atoms with E-state index in [0.29, 0.717) is 6.10 Å². The van der Waals surface area contributed by atoms with Gasteiger partial charge in [-0.15, -0.1) is 0 Å². The normalized spacial score (nSPS) is 42.2. The number of hydrogen-bond acceptors (Lipinski definition) is 1. The summed E-state index contributed by atoms with van der Waals surface area (Å²) in [6.07, 6.45) is 7.56. The Morgan fingerprint density at radius 1 is 1.17 bits per heavy atom. The Hall–Kier alpha value is -0.0800. The molecule has 70 valence electrons. The summed E-state index contributed by atoms with van der Waals surface area (Å²) in [7, 11) is 1.99. The highest BCUT2D eigenvalue weighted by atomic mass is 16.5. The lowest BCUT2D eigenvalue weighted by Crippen LogP contribution is -2.51. The van der Waals surface area contributed by atoms with E-state index in [0.717, 1.165) is 12.0 Å².